The molecule has 0 aliphatic carbocycles. The smallest absolute Gasteiger partial charge is 0.133 e. The molecule has 16 heavy (non-hydrogen) atoms. The van der Waals surface area contributed by atoms with Gasteiger partial charge in [-0.2, -0.15) is 5.10 Å². The first kappa shape index (κ1) is 11.8. The summed E-state index contributed by atoms with van der Waals surface area (Å²) >= 11 is 17.9. The molecule has 5 heteroatoms. The number of benzene rings is 1. The van der Waals surface area contributed by atoms with Crippen LogP contribution in [0.3, 0.4) is 0 Å². The average molecular weight is 276 g/mol. The highest BCUT2D eigenvalue weighted by Crippen LogP contribution is 2.26. The Hall–Kier alpha value is -0.700. The van der Waals surface area contributed by atoms with Crippen molar-refractivity contribution in [2.24, 2.45) is 0 Å². The summed E-state index contributed by atoms with van der Waals surface area (Å²) in [5, 5.41) is 5.92. The van der Waals surface area contributed by atoms with Gasteiger partial charge in [0, 0.05) is 0 Å². The largest absolute Gasteiger partial charge is 0.222 e. The van der Waals surface area contributed by atoms with Crippen LogP contribution in [0.25, 0.3) is 5.69 Å². The number of rotatable bonds is 2. The Kier molecular flexibility index (Phi) is 3.43. The molecule has 2 rings (SSSR count). The topological polar surface area (TPSA) is 17.8 Å². The molecule has 0 spiro atoms. The molecule has 0 amide bonds. The van der Waals surface area contributed by atoms with E-state index in [-0.39, 0.29) is 0 Å². The Morgan fingerprint density at radius 1 is 1.12 bits per heavy atom. The van der Waals surface area contributed by atoms with Gasteiger partial charge in [0.2, 0.25) is 0 Å². The molecule has 0 N–H and O–H groups in total. The lowest BCUT2D eigenvalue weighted by molar-refractivity contribution is 0.842. The lowest BCUT2D eigenvalue weighted by Crippen LogP contribution is -1.97. The molecule has 0 atom stereocenters. The minimum absolute atomic E-state index is 0.490. The lowest BCUT2D eigenvalue weighted by Gasteiger charge is -2.04. The molecule has 0 saturated carbocycles. The maximum absolute atomic E-state index is 6.07. The Bertz CT molecular complexity index is 520. The summed E-state index contributed by atoms with van der Waals surface area (Å²) in [6.45, 7) is 2.03. The fourth-order valence-electron chi connectivity index (χ4n) is 1.37. The van der Waals surface area contributed by atoms with E-state index in [2.05, 4.69) is 5.10 Å². The third-order valence-corrected chi connectivity index (χ3v) is 3.23. The zero-order valence-electron chi connectivity index (χ0n) is 8.54. The molecule has 2 nitrogen and oxygen atoms in total. The molecule has 0 radical (unpaired) electrons. The van der Waals surface area contributed by atoms with Gasteiger partial charge in [-0.15, -0.1) is 0 Å². The Balaban J connectivity index is 2.49. The molecule has 84 valence electrons. The molecule has 0 aliphatic rings. The van der Waals surface area contributed by atoms with E-state index in [1.807, 2.05) is 19.1 Å². The van der Waals surface area contributed by atoms with Gasteiger partial charge in [-0.1, -0.05) is 41.7 Å². The van der Waals surface area contributed by atoms with Crippen LogP contribution in [0, 0.1) is 0 Å². The zero-order valence-corrected chi connectivity index (χ0v) is 10.8. The van der Waals surface area contributed by atoms with Gasteiger partial charge in [0.1, 0.15) is 5.15 Å². The van der Waals surface area contributed by atoms with E-state index in [1.165, 1.54) is 0 Å². The molecule has 0 bridgehead atoms. The van der Waals surface area contributed by atoms with E-state index in [1.54, 1.807) is 16.8 Å². The molecule has 1 aromatic heterocycles. The van der Waals surface area contributed by atoms with Crippen LogP contribution >= 0.6 is 34.8 Å². The maximum atomic E-state index is 6.07. The Morgan fingerprint density at radius 2 is 1.88 bits per heavy atom. The van der Waals surface area contributed by atoms with Gasteiger partial charge < -0.3 is 0 Å². The fourth-order valence-corrected chi connectivity index (χ4v) is 1.93. The van der Waals surface area contributed by atoms with Crippen LogP contribution in [0.1, 0.15) is 12.6 Å². The first-order chi connectivity index (χ1) is 7.61. The standard InChI is InChI=1S/C11H9Cl3N2/c1-2-7-5-11(14)16(15-7)8-3-4-9(12)10(13)6-8/h3-6H,2H2,1H3. The second-order valence-corrected chi connectivity index (χ2v) is 4.52. The van der Waals surface area contributed by atoms with Crippen molar-refractivity contribution in [3.8, 4) is 5.69 Å². The summed E-state index contributed by atoms with van der Waals surface area (Å²) in [7, 11) is 0. The minimum atomic E-state index is 0.490. The molecule has 1 heterocycles. The van der Waals surface area contributed by atoms with Crippen molar-refractivity contribution >= 4 is 34.8 Å². The van der Waals surface area contributed by atoms with Gasteiger partial charge in [0.25, 0.3) is 0 Å². The van der Waals surface area contributed by atoms with Crippen molar-refractivity contribution in [1.82, 2.24) is 9.78 Å². The number of hydrogen-bond donors (Lipinski definition) is 0. The monoisotopic (exact) mass is 274 g/mol. The molecule has 0 fully saturated rings. The normalized spacial score (nSPS) is 10.8. The first-order valence-corrected chi connectivity index (χ1v) is 5.95. The summed E-state index contributed by atoms with van der Waals surface area (Å²) in [4.78, 5) is 0. The summed E-state index contributed by atoms with van der Waals surface area (Å²) in [6.07, 6.45) is 0.841. The average Bonchev–Trinajstić information content (AvgIpc) is 2.64. The van der Waals surface area contributed by atoms with Gasteiger partial charge in [-0.05, 0) is 30.7 Å². The van der Waals surface area contributed by atoms with Crippen molar-refractivity contribution < 1.29 is 0 Å². The molecule has 0 aliphatic heterocycles. The van der Waals surface area contributed by atoms with Crippen LogP contribution in [0.15, 0.2) is 24.3 Å². The summed E-state index contributed by atoms with van der Waals surface area (Å²) in [5.74, 6) is 0. The highest BCUT2D eigenvalue weighted by atomic mass is 35.5. The summed E-state index contributed by atoms with van der Waals surface area (Å²) in [6, 6.07) is 7.13. The molecule has 1 aromatic carbocycles. The summed E-state index contributed by atoms with van der Waals surface area (Å²) in [5.41, 5.74) is 1.75. The fraction of sp³-hybridized carbons (Fsp3) is 0.182. The lowest BCUT2D eigenvalue weighted by atomic mass is 10.3. The molecule has 0 unspecified atom stereocenters. The van der Waals surface area contributed by atoms with E-state index in [4.69, 9.17) is 34.8 Å². The predicted octanol–water partition coefficient (Wildman–Crippen LogP) is 4.39. The van der Waals surface area contributed by atoms with E-state index in [9.17, 15) is 0 Å². The first-order valence-electron chi connectivity index (χ1n) is 4.81. The van der Waals surface area contributed by atoms with Gasteiger partial charge >= 0.3 is 0 Å². The highest BCUT2D eigenvalue weighted by Gasteiger charge is 2.08. The quantitative estimate of drug-likeness (QED) is 0.794. The third kappa shape index (κ3) is 2.19. The van der Waals surface area contributed by atoms with Crippen molar-refractivity contribution in [2.75, 3.05) is 0 Å². The third-order valence-electron chi connectivity index (χ3n) is 2.23. The highest BCUT2D eigenvalue weighted by molar-refractivity contribution is 6.42. The van der Waals surface area contributed by atoms with Gasteiger partial charge in [-0.3, -0.25) is 0 Å². The minimum Gasteiger partial charge on any atom is -0.222 e. The van der Waals surface area contributed by atoms with Crippen LogP contribution in [-0.4, -0.2) is 9.78 Å². The Labute approximate surface area is 109 Å². The Morgan fingerprint density at radius 3 is 2.44 bits per heavy atom. The molecule has 0 saturated heterocycles. The van der Waals surface area contributed by atoms with Crippen LogP contribution in [0.5, 0.6) is 0 Å². The predicted molar refractivity (Wildman–Crippen MR) is 68.0 cm³/mol. The SMILES string of the molecule is CCc1cc(Cl)n(-c2ccc(Cl)c(Cl)c2)n1. The number of aryl methyl sites for hydroxylation is 1. The van der Waals surface area contributed by atoms with E-state index < -0.39 is 0 Å². The zero-order chi connectivity index (χ0) is 11.7. The van der Waals surface area contributed by atoms with Crippen molar-refractivity contribution in [3.63, 3.8) is 0 Å². The van der Waals surface area contributed by atoms with Crippen molar-refractivity contribution in [1.29, 1.82) is 0 Å². The molecule has 2 aromatic rings. The van der Waals surface area contributed by atoms with Crippen LogP contribution in [-0.2, 0) is 6.42 Å². The van der Waals surface area contributed by atoms with Crippen molar-refractivity contribution in [2.45, 2.75) is 13.3 Å². The number of nitrogens with zero attached hydrogens (tertiary/aromatic N) is 2. The van der Waals surface area contributed by atoms with Crippen LogP contribution in [0.2, 0.25) is 15.2 Å². The van der Waals surface area contributed by atoms with Crippen LogP contribution in [0.4, 0.5) is 0 Å². The van der Waals surface area contributed by atoms with Crippen LogP contribution < -0.4 is 0 Å². The van der Waals surface area contributed by atoms with E-state index in [0.717, 1.165) is 17.8 Å². The maximum Gasteiger partial charge on any atom is 0.133 e. The second kappa shape index (κ2) is 4.66. The number of hydrogen-bond acceptors (Lipinski definition) is 1. The van der Waals surface area contributed by atoms with Gasteiger partial charge in [0.15, 0.2) is 0 Å². The number of halogens is 3. The van der Waals surface area contributed by atoms with E-state index >= 15 is 0 Å². The van der Waals surface area contributed by atoms with Crippen molar-refractivity contribution in [3.05, 3.63) is 45.2 Å². The van der Waals surface area contributed by atoms with E-state index in [0.29, 0.717) is 15.2 Å². The molecular formula is C11H9Cl3N2. The second-order valence-electron chi connectivity index (χ2n) is 3.32. The summed E-state index contributed by atoms with van der Waals surface area (Å²) < 4.78 is 1.64. The molecular weight excluding hydrogens is 266 g/mol. The van der Waals surface area contributed by atoms with Gasteiger partial charge in [0.05, 0.1) is 21.4 Å². The number of aromatic nitrogens is 2. The van der Waals surface area contributed by atoms with Gasteiger partial charge in [-0.25, -0.2) is 4.68 Å².